The molecule has 0 saturated carbocycles. The summed E-state index contributed by atoms with van der Waals surface area (Å²) in [5.41, 5.74) is -1.03. The molecule has 1 aliphatic heterocycles. The van der Waals surface area contributed by atoms with Crippen LogP contribution in [0, 0.1) is 0 Å². The van der Waals surface area contributed by atoms with E-state index >= 15 is 0 Å². The van der Waals surface area contributed by atoms with Gasteiger partial charge in [-0.3, -0.25) is 19.2 Å². The SMILES string of the molecule is CS/C=C/CC/C(=N\O)S[C@@H]1O[C@H](COC(C)=O)[C@@H](OC(C)=O)[C@H](OC(C)=O)[C@H]1OC(C)=O. The van der Waals surface area contributed by atoms with Gasteiger partial charge in [-0.1, -0.05) is 23.0 Å². The maximum Gasteiger partial charge on any atom is 0.303 e. The van der Waals surface area contributed by atoms with Crippen LogP contribution in [0.25, 0.3) is 0 Å². The average molecular weight is 508 g/mol. The van der Waals surface area contributed by atoms with Crippen molar-refractivity contribution in [2.24, 2.45) is 5.16 Å². The highest BCUT2D eigenvalue weighted by Gasteiger charge is 2.52. The molecule has 0 radical (unpaired) electrons. The summed E-state index contributed by atoms with van der Waals surface area (Å²) in [6.45, 7) is 4.32. The van der Waals surface area contributed by atoms with Crippen molar-refractivity contribution in [2.45, 2.75) is 70.4 Å². The quantitative estimate of drug-likeness (QED) is 0.115. The molecule has 0 aromatic heterocycles. The summed E-state index contributed by atoms with van der Waals surface area (Å²) in [7, 11) is 0. The number of carbonyl (C=O) groups is 4. The average Bonchev–Trinajstić information content (AvgIpc) is 2.71. The second-order valence-electron chi connectivity index (χ2n) is 6.83. The molecule has 1 N–H and O–H groups in total. The number of oxime groups is 1. The molecule has 1 heterocycles. The van der Waals surface area contributed by atoms with Crippen molar-refractivity contribution in [3.63, 3.8) is 0 Å². The molecule has 0 aromatic rings. The van der Waals surface area contributed by atoms with E-state index in [1.54, 1.807) is 0 Å². The third-order valence-electron chi connectivity index (χ3n) is 4.07. The molecule has 13 heteroatoms. The molecule has 0 aliphatic carbocycles. The molecule has 5 atom stereocenters. The van der Waals surface area contributed by atoms with Crippen LogP contribution >= 0.6 is 23.5 Å². The third kappa shape index (κ3) is 10.5. The van der Waals surface area contributed by atoms with Crippen LogP contribution in [0.4, 0.5) is 0 Å². The summed E-state index contributed by atoms with van der Waals surface area (Å²) in [4.78, 5) is 46.7. The van der Waals surface area contributed by atoms with Crippen LogP contribution in [0.15, 0.2) is 16.6 Å². The van der Waals surface area contributed by atoms with E-state index in [2.05, 4.69) is 5.16 Å². The lowest BCUT2D eigenvalue weighted by Gasteiger charge is -2.44. The van der Waals surface area contributed by atoms with Crippen molar-refractivity contribution in [3.05, 3.63) is 11.5 Å². The first kappa shape index (κ1) is 28.8. The van der Waals surface area contributed by atoms with Gasteiger partial charge in [-0.25, -0.2) is 0 Å². The minimum absolute atomic E-state index is 0.265. The van der Waals surface area contributed by atoms with Crippen molar-refractivity contribution < 1.29 is 48.1 Å². The van der Waals surface area contributed by atoms with Gasteiger partial charge in [0.25, 0.3) is 0 Å². The molecule has 0 bridgehead atoms. The Balaban J connectivity index is 3.29. The lowest BCUT2D eigenvalue weighted by molar-refractivity contribution is -0.237. The number of nitrogens with zero attached hydrogens (tertiary/aromatic N) is 1. The van der Waals surface area contributed by atoms with Gasteiger partial charge in [-0.05, 0) is 18.1 Å². The molecule has 0 unspecified atom stereocenters. The molecule has 33 heavy (non-hydrogen) atoms. The molecule has 1 saturated heterocycles. The maximum absolute atomic E-state index is 11.8. The summed E-state index contributed by atoms with van der Waals surface area (Å²) in [5.74, 6) is -2.73. The Hall–Kier alpha value is -2.25. The topological polar surface area (TPSA) is 147 Å². The molecule has 0 aromatic carbocycles. The van der Waals surface area contributed by atoms with Crippen LogP contribution < -0.4 is 0 Å². The fraction of sp³-hybridized carbons (Fsp3) is 0.650. The van der Waals surface area contributed by atoms with Crippen LogP contribution in [0.1, 0.15) is 40.5 Å². The van der Waals surface area contributed by atoms with E-state index in [1.807, 2.05) is 17.7 Å². The zero-order valence-electron chi connectivity index (χ0n) is 19.0. The van der Waals surface area contributed by atoms with E-state index in [-0.39, 0.29) is 11.7 Å². The van der Waals surface area contributed by atoms with Crippen LogP contribution in [-0.4, -0.2) is 76.8 Å². The van der Waals surface area contributed by atoms with Gasteiger partial charge in [0.15, 0.2) is 18.3 Å². The lowest BCUT2D eigenvalue weighted by Crippen LogP contribution is -2.61. The number of carbonyl (C=O) groups excluding carboxylic acids is 4. The second-order valence-corrected chi connectivity index (χ2v) is 8.74. The predicted octanol–water partition coefficient (Wildman–Crippen LogP) is 2.25. The highest BCUT2D eigenvalue weighted by molar-refractivity contribution is 8.14. The number of hydrogen-bond acceptors (Lipinski definition) is 13. The van der Waals surface area contributed by atoms with Gasteiger partial charge in [-0.15, -0.1) is 11.8 Å². The Morgan fingerprint density at radius 2 is 1.52 bits per heavy atom. The number of thioether (sulfide) groups is 2. The fourth-order valence-electron chi connectivity index (χ4n) is 2.92. The van der Waals surface area contributed by atoms with E-state index in [0.29, 0.717) is 12.8 Å². The Kier molecular flexibility index (Phi) is 12.9. The summed E-state index contributed by atoms with van der Waals surface area (Å²) in [5, 5.41) is 14.9. The van der Waals surface area contributed by atoms with Gasteiger partial charge in [0.05, 0.1) is 0 Å². The molecule has 1 aliphatic rings. The molecule has 1 fully saturated rings. The second kappa shape index (κ2) is 14.8. The fourth-order valence-corrected chi connectivity index (χ4v) is 4.34. The van der Waals surface area contributed by atoms with Crippen molar-refractivity contribution in [2.75, 3.05) is 12.9 Å². The smallest absolute Gasteiger partial charge is 0.303 e. The normalized spacial score (nSPS) is 25.4. The highest BCUT2D eigenvalue weighted by Crippen LogP contribution is 2.35. The van der Waals surface area contributed by atoms with Gasteiger partial charge in [0.1, 0.15) is 23.2 Å². The van der Waals surface area contributed by atoms with Crippen LogP contribution in [0.2, 0.25) is 0 Å². The maximum atomic E-state index is 11.8. The predicted molar refractivity (Wildman–Crippen MR) is 121 cm³/mol. The highest BCUT2D eigenvalue weighted by atomic mass is 32.2. The Labute approximate surface area is 200 Å². The van der Waals surface area contributed by atoms with Crippen molar-refractivity contribution in [3.8, 4) is 0 Å². The monoisotopic (exact) mass is 507 g/mol. The number of hydrogen-bond donors (Lipinski definition) is 1. The molecule has 0 spiro atoms. The lowest BCUT2D eigenvalue weighted by atomic mass is 9.99. The standard InChI is InChI=1S/C20H29NO10S2/c1-11(22)27-10-15-17(28-12(2)23)18(29-13(3)24)19(30-14(4)25)20(31-15)33-16(21-26)8-6-7-9-32-5/h7,9,15,17-20,26H,6,8,10H2,1-5H3/b9-7+,21-16+/t15-,17-,18+,19-,20+/m1/s1. The number of ether oxygens (including phenoxy) is 5. The van der Waals surface area contributed by atoms with E-state index < -0.39 is 53.7 Å². The van der Waals surface area contributed by atoms with Gasteiger partial charge in [0, 0.05) is 34.1 Å². The first-order valence-electron chi connectivity index (χ1n) is 9.94. The first-order valence-corrected chi connectivity index (χ1v) is 12.1. The minimum atomic E-state index is -1.27. The van der Waals surface area contributed by atoms with Gasteiger partial charge in [-0.2, -0.15) is 0 Å². The minimum Gasteiger partial charge on any atom is -0.463 e. The van der Waals surface area contributed by atoms with Gasteiger partial charge < -0.3 is 28.9 Å². The Morgan fingerprint density at radius 1 is 0.939 bits per heavy atom. The molecule has 11 nitrogen and oxygen atoms in total. The Morgan fingerprint density at radius 3 is 2.03 bits per heavy atom. The summed E-state index contributed by atoms with van der Waals surface area (Å²) < 4.78 is 27.0. The molecule has 0 amide bonds. The van der Waals surface area contributed by atoms with Crippen LogP contribution in [0.3, 0.4) is 0 Å². The molecule has 186 valence electrons. The number of esters is 4. The zero-order chi connectivity index (χ0) is 25.0. The van der Waals surface area contributed by atoms with Crippen molar-refractivity contribution in [1.29, 1.82) is 0 Å². The van der Waals surface area contributed by atoms with Crippen LogP contribution in [0.5, 0.6) is 0 Å². The Bertz CT molecular complexity index is 757. The first-order chi connectivity index (χ1) is 15.6. The molecule has 1 rings (SSSR count). The van der Waals surface area contributed by atoms with E-state index in [4.69, 9.17) is 23.7 Å². The zero-order valence-corrected chi connectivity index (χ0v) is 20.7. The van der Waals surface area contributed by atoms with Crippen LogP contribution in [-0.2, 0) is 42.9 Å². The van der Waals surface area contributed by atoms with Crippen molar-refractivity contribution >= 4 is 52.4 Å². The van der Waals surface area contributed by atoms with E-state index in [0.717, 1.165) is 32.5 Å². The van der Waals surface area contributed by atoms with Gasteiger partial charge in [0.2, 0.25) is 0 Å². The van der Waals surface area contributed by atoms with Crippen molar-refractivity contribution in [1.82, 2.24) is 0 Å². The molecular weight excluding hydrogens is 478 g/mol. The summed E-state index contributed by atoms with van der Waals surface area (Å²) >= 11 is 2.47. The number of allylic oxidation sites excluding steroid dienone is 1. The largest absolute Gasteiger partial charge is 0.463 e. The summed E-state index contributed by atoms with van der Waals surface area (Å²) in [6, 6.07) is 0. The van der Waals surface area contributed by atoms with E-state index in [9.17, 15) is 24.4 Å². The summed E-state index contributed by atoms with van der Waals surface area (Å²) in [6.07, 6.45) is -0.0446. The number of rotatable bonds is 10. The van der Waals surface area contributed by atoms with E-state index in [1.165, 1.54) is 18.7 Å². The van der Waals surface area contributed by atoms with Gasteiger partial charge >= 0.3 is 23.9 Å². The third-order valence-corrected chi connectivity index (χ3v) is 5.70. The molecular formula is C20H29NO10S2.